The first-order valence-electron chi connectivity index (χ1n) is 6.35. The van der Waals surface area contributed by atoms with E-state index in [1.54, 1.807) is 12.1 Å². The zero-order valence-electron chi connectivity index (χ0n) is 11.9. The number of nitrogens with one attached hydrogen (secondary N) is 1. The summed E-state index contributed by atoms with van der Waals surface area (Å²) in [5, 5.41) is 8.78. The van der Waals surface area contributed by atoms with E-state index in [1.807, 2.05) is 0 Å². The number of carboxylic acids is 1. The summed E-state index contributed by atoms with van der Waals surface area (Å²) < 4.78 is 45.0. The monoisotopic (exact) mass is 413 g/mol. The number of alkyl halides is 3. The Balaban J connectivity index is 0.000000351. The van der Waals surface area contributed by atoms with Crippen molar-refractivity contribution in [2.45, 2.75) is 18.5 Å². The van der Waals surface area contributed by atoms with Crippen LogP contribution < -0.4 is 21.6 Å². The predicted molar refractivity (Wildman–Crippen MR) is 75.4 cm³/mol. The highest BCUT2D eigenvalue weighted by Crippen LogP contribution is 2.47. The number of halogens is 5. The molecule has 0 spiro atoms. The lowest BCUT2D eigenvalue weighted by Crippen LogP contribution is -2.82. The van der Waals surface area contributed by atoms with E-state index in [0.29, 0.717) is 4.47 Å². The predicted octanol–water partition coefficient (Wildman–Crippen LogP) is -1.13. The minimum Gasteiger partial charge on any atom is -0.542 e. The smallest absolute Gasteiger partial charge is 0.430 e. The molecule has 0 saturated heterocycles. The van der Waals surface area contributed by atoms with Crippen LogP contribution in [0.1, 0.15) is 17.9 Å². The Bertz CT molecular complexity index is 675. The first-order chi connectivity index (χ1) is 10.9. The number of aliphatic carboxylic acids is 1. The van der Waals surface area contributed by atoms with Gasteiger partial charge in [0.1, 0.15) is 11.8 Å². The molecule has 1 aromatic carbocycles. The summed E-state index contributed by atoms with van der Waals surface area (Å²) in [6.45, 7) is 0. The second kappa shape index (κ2) is 7.60. The van der Waals surface area contributed by atoms with Gasteiger partial charge in [0, 0.05) is 0 Å². The van der Waals surface area contributed by atoms with Crippen molar-refractivity contribution in [3.05, 3.63) is 34.1 Å². The van der Waals surface area contributed by atoms with Gasteiger partial charge in [0.2, 0.25) is 0 Å². The third-order valence-electron chi connectivity index (χ3n) is 3.00. The minimum absolute atomic E-state index is 0.0964. The van der Waals surface area contributed by atoms with E-state index in [1.165, 1.54) is 6.07 Å². The number of hydrogen-bond acceptors (Lipinski definition) is 3. The molecule has 5 N–H and O–H groups in total. The normalized spacial score (nSPS) is 18.9. The molecule has 1 amide bonds. The summed E-state index contributed by atoms with van der Waals surface area (Å²) >= 11 is 3.12. The van der Waals surface area contributed by atoms with E-state index in [-0.39, 0.29) is 29.5 Å². The minimum atomic E-state index is -5.19. The van der Waals surface area contributed by atoms with Crippen molar-refractivity contribution in [2.24, 2.45) is 17.4 Å². The molecule has 1 fully saturated rings. The quantitative estimate of drug-likeness (QED) is 0.321. The topological polar surface area (TPSA) is 123 Å². The average Bonchev–Trinajstić information content (AvgIpc) is 3.21. The molecular formula is C13H12BrF4N3O3. The van der Waals surface area contributed by atoms with Gasteiger partial charge < -0.3 is 9.90 Å². The number of amides is 1. The van der Waals surface area contributed by atoms with Crippen LogP contribution in [-0.4, -0.2) is 24.0 Å². The van der Waals surface area contributed by atoms with Crippen molar-refractivity contribution in [3.8, 4) is 0 Å². The first-order valence-corrected chi connectivity index (χ1v) is 7.14. The molecule has 1 aliphatic rings. The third kappa shape index (κ3) is 5.80. The molecule has 0 heterocycles. The van der Waals surface area contributed by atoms with Crippen molar-refractivity contribution in [2.75, 3.05) is 0 Å². The molecule has 1 saturated carbocycles. The molecular weight excluding hydrogens is 402 g/mol. The summed E-state index contributed by atoms with van der Waals surface area (Å²) in [6, 6.07) is 4.77. The van der Waals surface area contributed by atoms with Crippen LogP contribution in [0.3, 0.4) is 0 Å². The van der Waals surface area contributed by atoms with Crippen LogP contribution in [0.4, 0.5) is 17.6 Å². The summed E-state index contributed by atoms with van der Waals surface area (Å²) in [7, 11) is 0. The van der Waals surface area contributed by atoms with Crippen LogP contribution in [0.15, 0.2) is 22.7 Å². The van der Waals surface area contributed by atoms with E-state index in [0.717, 1.165) is 12.0 Å². The van der Waals surface area contributed by atoms with Crippen molar-refractivity contribution in [1.29, 1.82) is 0 Å². The maximum Gasteiger partial charge on any atom is 0.430 e. The Kier molecular flexibility index (Phi) is 6.29. The molecule has 0 bridgehead atoms. The zero-order valence-corrected chi connectivity index (χ0v) is 13.4. The Labute approximate surface area is 141 Å². The SMILES string of the molecule is NC(N)=[NH+]C(=O)[C@H]1C[C@@H]1c1ccc(F)c(Br)c1.O=C([O-])C(F)(F)F. The molecule has 0 radical (unpaired) electrons. The summed E-state index contributed by atoms with van der Waals surface area (Å²) in [5.74, 6) is -3.61. The van der Waals surface area contributed by atoms with E-state index in [2.05, 4.69) is 20.9 Å². The number of carbonyl (C=O) groups excluding carboxylic acids is 2. The Hall–Kier alpha value is -2.17. The van der Waals surface area contributed by atoms with Crippen LogP contribution in [-0.2, 0) is 9.59 Å². The second-order valence-electron chi connectivity index (χ2n) is 4.85. The Morgan fingerprint density at radius 1 is 1.29 bits per heavy atom. The Morgan fingerprint density at radius 2 is 1.83 bits per heavy atom. The van der Waals surface area contributed by atoms with Crippen LogP contribution in [0, 0.1) is 11.7 Å². The highest BCUT2D eigenvalue weighted by atomic mass is 79.9. The molecule has 2 rings (SSSR count). The van der Waals surface area contributed by atoms with E-state index >= 15 is 0 Å². The molecule has 0 aliphatic heterocycles. The molecule has 11 heteroatoms. The van der Waals surface area contributed by atoms with Crippen molar-refractivity contribution >= 4 is 33.8 Å². The molecule has 0 aromatic heterocycles. The van der Waals surface area contributed by atoms with E-state index in [9.17, 15) is 22.4 Å². The lowest BCUT2D eigenvalue weighted by atomic mass is 10.1. The van der Waals surface area contributed by atoms with E-state index < -0.39 is 12.1 Å². The van der Waals surface area contributed by atoms with E-state index in [4.69, 9.17) is 21.4 Å². The highest BCUT2D eigenvalue weighted by Gasteiger charge is 2.45. The number of guanidine groups is 1. The fourth-order valence-corrected chi connectivity index (χ4v) is 2.23. The van der Waals surface area contributed by atoms with Gasteiger partial charge in [-0.3, -0.25) is 16.3 Å². The average molecular weight is 414 g/mol. The molecule has 1 aromatic rings. The molecule has 6 nitrogen and oxygen atoms in total. The lowest BCUT2D eigenvalue weighted by Gasteiger charge is -2.03. The van der Waals surface area contributed by atoms with Crippen molar-refractivity contribution in [1.82, 2.24) is 0 Å². The maximum absolute atomic E-state index is 13.0. The van der Waals surface area contributed by atoms with Gasteiger partial charge in [-0.1, -0.05) is 6.07 Å². The number of rotatable bonds is 2. The largest absolute Gasteiger partial charge is 0.542 e. The summed E-state index contributed by atoms with van der Waals surface area (Å²) in [5.41, 5.74) is 11.3. The summed E-state index contributed by atoms with van der Waals surface area (Å²) in [4.78, 5) is 22.7. The number of carbonyl (C=O) groups is 2. The zero-order chi connectivity index (χ0) is 18.7. The molecule has 2 atom stereocenters. The van der Waals surface area contributed by atoms with Crippen LogP contribution in [0.5, 0.6) is 0 Å². The first kappa shape index (κ1) is 19.9. The van der Waals surface area contributed by atoms with Gasteiger partial charge in [-0.05, 0) is 46.0 Å². The van der Waals surface area contributed by atoms with Gasteiger partial charge in [0.05, 0.1) is 10.4 Å². The van der Waals surface area contributed by atoms with Crippen molar-refractivity contribution in [3.63, 3.8) is 0 Å². The van der Waals surface area contributed by atoms with Gasteiger partial charge >= 0.3 is 12.1 Å². The number of hydrogen-bond donors (Lipinski definition) is 3. The second-order valence-corrected chi connectivity index (χ2v) is 5.71. The van der Waals surface area contributed by atoms with Crippen LogP contribution >= 0.6 is 15.9 Å². The third-order valence-corrected chi connectivity index (χ3v) is 3.61. The maximum atomic E-state index is 13.0. The fraction of sp³-hybridized carbons (Fsp3) is 0.308. The van der Waals surface area contributed by atoms with Gasteiger partial charge in [-0.25, -0.2) is 9.38 Å². The van der Waals surface area contributed by atoms with Crippen LogP contribution in [0.2, 0.25) is 0 Å². The van der Waals surface area contributed by atoms with Gasteiger partial charge in [0.15, 0.2) is 0 Å². The number of carboxylic acid groups (broad SMARTS) is 1. The highest BCUT2D eigenvalue weighted by molar-refractivity contribution is 9.10. The number of benzene rings is 1. The molecule has 24 heavy (non-hydrogen) atoms. The molecule has 0 unspecified atom stereocenters. The Morgan fingerprint density at radius 3 is 2.25 bits per heavy atom. The number of nitrogens with two attached hydrogens (primary N) is 2. The van der Waals surface area contributed by atoms with Crippen LogP contribution in [0.25, 0.3) is 0 Å². The van der Waals surface area contributed by atoms with Gasteiger partial charge in [-0.15, -0.1) is 0 Å². The lowest BCUT2D eigenvalue weighted by molar-refractivity contribution is -0.381. The fourth-order valence-electron chi connectivity index (χ4n) is 1.83. The molecule has 1 aliphatic carbocycles. The van der Waals surface area contributed by atoms with Crippen molar-refractivity contribution < 1.29 is 37.2 Å². The molecule has 132 valence electrons. The standard InChI is InChI=1S/C11H11BrFN3O.C2HF3O2/c12-8-3-5(1-2-9(8)13)6-4-7(6)10(17)16-11(14)15;3-2(4,5)1(6)7/h1-3,6-7H,4H2,(H4,14,15,16,17);(H,6,7)/t6-,7+;/m1./s1. The van der Waals surface area contributed by atoms with Gasteiger partial charge in [0.25, 0.3) is 5.91 Å². The summed E-state index contributed by atoms with van der Waals surface area (Å²) in [6.07, 6.45) is -4.46. The van der Waals surface area contributed by atoms with Gasteiger partial charge in [-0.2, -0.15) is 13.2 Å².